The lowest BCUT2D eigenvalue weighted by atomic mass is 9.98. The second-order valence-corrected chi connectivity index (χ2v) is 4.82. The third kappa shape index (κ3) is 5.64. The van der Waals surface area contributed by atoms with Crippen molar-refractivity contribution in [2.75, 3.05) is 25.1 Å². The molecule has 1 fully saturated rings. The van der Waals surface area contributed by atoms with Gasteiger partial charge in [0.05, 0.1) is 5.92 Å². The van der Waals surface area contributed by atoms with Crippen molar-refractivity contribution in [2.45, 2.75) is 25.8 Å². The fourth-order valence-electron chi connectivity index (χ4n) is 1.73. The summed E-state index contributed by atoms with van der Waals surface area (Å²) < 4.78 is 0. The number of nitrogens with one attached hydrogen (secondary N) is 2. The Hall–Kier alpha value is 0.0700. The number of halogens is 1. The highest BCUT2D eigenvalue weighted by Crippen LogP contribution is 2.10. The van der Waals surface area contributed by atoms with Gasteiger partial charge in [-0.05, 0) is 32.6 Å². The van der Waals surface area contributed by atoms with Crippen LogP contribution in [0, 0.1) is 5.92 Å². The SMILES string of the molecule is CSCC(C)NC(=O)C1CCCNC1.Cl. The van der Waals surface area contributed by atoms with Crippen molar-refractivity contribution >= 4 is 30.1 Å². The second kappa shape index (κ2) is 8.25. The van der Waals surface area contributed by atoms with Crippen LogP contribution in [0.5, 0.6) is 0 Å². The number of hydrogen-bond acceptors (Lipinski definition) is 3. The highest BCUT2D eigenvalue weighted by molar-refractivity contribution is 7.98. The first-order valence-corrected chi connectivity index (χ1v) is 6.63. The zero-order valence-corrected chi connectivity index (χ0v) is 11.0. The van der Waals surface area contributed by atoms with E-state index < -0.39 is 0 Å². The molecule has 3 nitrogen and oxygen atoms in total. The Kier molecular flexibility index (Phi) is 8.29. The van der Waals surface area contributed by atoms with E-state index >= 15 is 0 Å². The molecule has 1 amide bonds. The van der Waals surface area contributed by atoms with E-state index in [4.69, 9.17) is 0 Å². The van der Waals surface area contributed by atoms with Gasteiger partial charge in [0.15, 0.2) is 0 Å². The van der Waals surface area contributed by atoms with E-state index in [0.717, 1.165) is 31.7 Å². The minimum atomic E-state index is 0. The fourth-order valence-corrected chi connectivity index (χ4v) is 2.31. The summed E-state index contributed by atoms with van der Waals surface area (Å²) in [6, 6.07) is 0.291. The summed E-state index contributed by atoms with van der Waals surface area (Å²) in [4.78, 5) is 11.7. The lowest BCUT2D eigenvalue weighted by Gasteiger charge is -2.23. The van der Waals surface area contributed by atoms with Crippen molar-refractivity contribution in [3.63, 3.8) is 0 Å². The molecule has 15 heavy (non-hydrogen) atoms. The molecule has 0 aromatic heterocycles. The second-order valence-electron chi connectivity index (χ2n) is 3.91. The van der Waals surface area contributed by atoms with Crippen LogP contribution in [0.3, 0.4) is 0 Å². The van der Waals surface area contributed by atoms with Gasteiger partial charge in [-0.3, -0.25) is 4.79 Å². The van der Waals surface area contributed by atoms with Crippen LogP contribution in [0.25, 0.3) is 0 Å². The predicted molar refractivity (Wildman–Crippen MR) is 68.8 cm³/mol. The maximum absolute atomic E-state index is 11.7. The van der Waals surface area contributed by atoms with Crippen molar-refractivity contribution in [1.29, 1.82) is 0 Å². The molecule has 2 unspecified atom stereocenters. The average molecular weight is 253 g/mol. The molecule has 0 bridgehead atoms. The van der Waals surface area contributed by atoms with Gasteiger partial charge >= 0.3 is 0 Å². The number of carbonyl (C=O) groups is 1. The Morgan fingerprint density at radius 1 is 1.67 bits per heavy atom. The lowest BCUT2D eigenvalue weighted by molar-refractivity contribution is -0.125. The van der Waals surface area contributed by atoms with Gasteiger partial charge in [0.2, 0.25) is 5.91 Å². The Balaban J connectivity index is 0.00000196. The number of carbonyl (C=O) groups excluding carboxylic acids is 1. The van der Waals surface area contributed by atoms with Gasteiger partial charge < -0.3 is 10.6 Å². The molecule has 90 valence electrons. The summed E-state index contributed by atoms with van der Waals surface area (Å²) in [6.07, 6.45) is 4.21. The molecular formula is C10H21ClN2OS. The quantitative estimate of drug-likeness (QED) is 0.792. The molecule has 0 aromatic rings. The van der Waals surface area contributed by atoms with Gasteiger partial charge in [0.25, 0.3) is 0 Å². The summed E-state index contributed by atoms with van der Waals surface area (Å²) in [5.41, 5.74) is 0. The van der Waals surface area contributed by atoms with Crippen LogP contribution in [0.4, 0.5) is 0 Å². The van der Waals surface area contributed by atoms with Crippen molar-refractivity contribution in [3.8, 4) is 0 Å². The molecule has 0 aliphatic carbocycles. The van der Waals surface area contributed by atoms with Crippen molar-refractivity contribution in [1.82, 2.24) is 10.6 Å². The van der Waals surface area contributed by atoms with Gasteiger partial charge in [-0.1, -0.05) is 0 Å². The molecule has 1 rings (SSSR count). The van der Waals surface area contributed by atoms with Crippen molar-refractivity contribution in [2.24, 2.45) is 5.92 Å². The zero-order chi connectivity index (χ0) is 10.4. The summed E-state index contributed by atoms with van der Waals surface area (Å²) in [5, 5.41) is 6.31. The summed E-state index contributed by atoms with van der Waals surface area (Å²) in [6.45, 7) is 3.96. The van der Waals surface area contributed by atoms with Gasteiger partial charge in [-0.25, -0.2) is 0 Å². The van der Waals surface area contributed by atoms with Crippen LogP contribution in [0.2, 0.25) is 0 Å². The summed E-state index contributed by atoms with van der Waals surface area (Å²) in [5.74, 6) is 1.40. The van der Waals surface area contributed by atoms with Crippen molar-refractivity contribution in [3.05, 3.63) is 0 Å². The molecule has 2 N–H and O–H groups in total. The first-order valence-electron chi connectivity index (χ1n) is 5.24. The first kappa shape index (κ1) is 15.1. The predicted octanol–water partition coefficient (Wildman–Crippen LogP) is 1.28. The Labute approximate surface area is 103 Å². The van der Waals surface area contributed by atoms with Gasteiger partial charge in [0.1, 0.15) is 0 Å². The smallest absolute Gasteiger partial charge is 0.224 e. The molecule has 1 saturated heterocycles. The number of thioether (sulfide) groups is 1. The van der Waals surface area contributed by atoms with E-state index in [1.807, 2.05) is 0 Å². The standard InChI is InChI=1S/C10H20N2OS.ClH/c1-8(7-14-2)12-10(13)9-4-3-5-11-6-9;/h8-9,11H,3-7H2,1-2H3,(H,12,13);1H. The summed E-state index contributed by atoms with van der Waals surface area (Å²) in [7, 11) is 0. The van der Waals surface area contributed by atoms with E-state index in [2.05, 4.69) is 23.8 Å². The molecule has 5 heteroatoms. The molecule has 0 radical (unpaired) electrons. The van der Waals surface area contributed by atoms with Crippen LogP contribution in [0.1, 0.15) is 19.8 Å². The van der Waals surface area contributed by atoms with Crippen LogP contribution < -0.4 is 10.6 Å². The molecule has 2 atom stereocenters. The molecule has 1 aliphatic rings. The van der Waals surface area contributed by atoms with Gasteiger partial charge in [0, 0.05) is 18.3 Å². The maximum atomic E-state index is 11.7. The normalized spacial score (nSPS) is 22.7. The maximum Gasteiger partial charge on any atom is 0.224 e. The highest BCUT2D eigenvalue weighted by Gasteiger charge is 2.21. The number of amides is 1. The van der Waals surface area contributed by atoms with E-state index in [1.165, 1.54) is 0 Å². The Morgan fingerprint density at radius 2 is 2.40 bits per heavy atom. The third-order valence-corrected chi connectivity index (χ3v) is 3.31. The molecule has 1 heterocycles. The Bertz CT molecular complexity index is 186. The average Bonchev–Trinajstić information content (AvgIpc) is 2.19. The zero-order valence-electron chi connectivity index (χ0n) is 9.41. The largest absolute Gasteiger partial charge is 0.353 e. The van der Waals surface area contributed by atoms with E-state index in [9.17, 15) is 4.79 Å². The topological polar surface area (TPSA) is 41.1 Å². The lowest BCUT2D eigenvalue weighted by Crippen LogP contribution is -2.44. The molecule has 0 saturated carbocycles. The minimum Gasteiger partial charge on any atom is -0.353 e. The molecule has 0 aromatic carbocycles. The fraction of sp³-hybridized carbons (Fsp3) is 0.900. The van der Waals surface area contributed by atoms with Crippen LogP contribution in [-0.4, -0.2) is 37.0 Å². The van der Waals surface area contributed by atoms with E-state index in [1.54, 1.807) is 11.8 Å². The molecule has 1 aliphatic heterocycles. The minimum absolute atomic E-state index is 0. The number of rotatable bonds is 4. The third-order valence-electron chi connectivity index (χ3n) is 2.47. The van der Waals surface area contributed by atoms with E-state index in [-0.39, 0.29) is 24.2 Å². The monoisotopic (exact) mass is 252 g/mol. The first-order chi connectivity index (χ1) is 6.74. The van der Waals surface area contributed by atoms with Crippen LogP contribution in [0.15, 0.2) is 0 Å². The van der Waals surface area contributed by atoms with Crippen LogP contribution in [-0.2, 0) is 4.79 Å². The molecular weight excluding hydrogens is 232 g/mol. The summed E-state index contributed by atoms with van der Waals surface area (Å²) >= 11 is 1.77. The molecule has 0 spiro atoms. The number of piperidine rings is 1. The van der Waals surface area contributed by atoms with Gasteiger partial charge in [-0.2, -0.15) is 11.8 Å². The van der Waals surface area contributed by atoms with Crippen molar-refractivity contribution < 1.29 is 4.79 Å². The van der Waals surface area contributed by atoms with Gasteiger partial charge in [-0.15, -0.1) is 12.4 Å². The number of hydrogen-bond donors (Lipinski definition) is 2. The Morgan fingerprint density at radius 3 is 2.93 bits per heavy atom. The van der Waals surface area contributed by atoms with Crippen LogP contribution >= 0.6 is 24.2 Å². The van der Waals surface area contributed by atoms with E-state index in [0.29, 0.717) is 6.04 Å². The highest BCUT2D eigenvalue weighted by atomic mass is 35.5.